The van der Waals surface area contributed by atoms with Crippen molar-refractivity contribution in [2.75, 3.05) is 6.54 Å². The monoisotopic (exact) mass is 227 g/mol. The molecule has 16 heavy (non-hydrogen) atoms. The topological polar surface area (TPSA) is 78.9 Å². The van der Waals surface area contributed by atoms with E-state index in [1.54, 1.807) is 0 Å². The molecular weight excluding hydrogens is 206 g/mol. The third-order valence-electron chi connectivity index (χ3n) is 3.18. The summed E-state index contributed by atoms with van der Waals surface area (Å²) in [6, 6.07) is 0.276. The van der Waals surface area contributed by atoms with Crippen LogP contribution in [0.4, 0.5) is 0 Å². The summed E-state index contributed by atoms with van der Waals surface area (Å²) >= 11 is 0. The Bertz CT molecular complexity index is 278. The molecule has 1 amide bonds. The predicted molar refractivity (Wildman–Crippen MR) is 62.2 cm³/mol. The van der Waals surface area contributed by atoms with E-state index in [9.17, 15) is 4.79 Å². The standard InChI is InChI=1S/C11H21N3O2/c1-3-5-9(10(12)13-16)11(15)14-7-4-6-8(14)2/h8-9,16H,3-7H2,1-2H3,(H2,12,13). The molecular formula is C11H21N3O2. The molecule has 0 aliphatic carbocycles. The summed E-state index contributed by atoms with van der Waals surface area (Å²) in [5, 5.41) is 11.7. The van der Waals surface area contributed by atoms with Gasteiger partial charge in [0, 0.05) is 12.6 Å². The van der Waals surface area contributed by atoms with Crippen LogP contribution in [-0.2, 0) is 4.79 Å². The highest BCUT2D eigenvalue weighted by atomic mass is 16.4. The van der Waals surface area contributed by atoms with Crippen molar-refractivity contribution in [2.45, 2.75) is 45.6 Å². The van der Waals surface area contributed by atoms with E-state index in [0.717, 1.165) is 25.8 Å². The van der Waals surface area contributed by atoms with E-state index in [2.05, 4.69) is 5.16 Å². The van der Waals surface area contributed by atoms with Crippen LogP contribution in [0.2, 0.25) is 0 Å². The zero-order valence-corrected chi connectivity index (χ0v) is 10.0. The number of nitrogens with zero attached hydrogens (tertiary/aromatic N) is 2. The van der Waals surface area contributed by atoms with Crippen LogP contribution in [-0.4, -0.2) is 34.4 Å². The molecule has 0 aromatic rings. The Morgan fingerprint density at radius 2 is 2.38 bits per heavy atom. The van der Waals surface area contributed by atoms with E-state index < -0.39 is 5.92 Å². The molecule has 0 bridgehead atoms. The third kappa shape index (κ3) is 2.65. The van der Waals surface area contributed by atoms with Crippen LogP contribution in [0.1, 0.15) is 39.5 Å². The second kappa shape index (κ2) is 5.72. The molecule has 1 heterocycles. The van der Waals surface area contributed by atoms with E-state index in [1.807, 2.05) is 18.7 Å². The molecule has 0 radical (unpaired) electrons. The van der Waals surface area contributed by atoms with Gasteiger partial charge in [-0.05, 0) is 26.2 Å². The minimum Gasteiger partial charge on any atom is -0.409 e. The first-order valence-electron chi connectivity index (χ1n) is 5.89. The van der Waals surface area contributed by atoms with Gasteiger partial charge in [0.25, 0.3) is 0 Å². The molecule has 2 unspecified atom stereocenters. The number of carbonyl (C=O) groups is 1. The van der Waals surface area contributed by atoms with Crippen LogP contribution >= 0.6 is 0 Å². The van der Waals surface area contributed by atoms with Crippen LogP contribution in [0.25, 0.3) is 0 Å². The number of nitrogens with two attached hydrogens (primary N) is 1. The summed E-state index contributed by atoms with van der Waals surface area (Å²) < 4.78 is 0. The van der Waals surface area contributed by atoms with E-state index in [1.165, 1.54) is 0 Å². The number of hydrogen-bond donors (Lipinski definition) is 2. The highest BCUT2D eigenvalue weighted by Gasteiger charge is 2.32. The average molecular weight is 227 g/mol. The number of amidine groups is 1. The molecule has 1 aliphatic rings. The Morgan fingerprint density at radius 3 is 2.81 bits per heavy atom. The Kier molecular flexibility index (Phi) is 4.58. The molecule has 0 spiro atoms. The number of amides is 1. The van der Waals surface area contributed by atoms with Gasteiger partial charge >= 0.3 is 0 Å². The van der Waals surface area contributed by atoms with Gasteiger partial charge in [-0.1, -0.05) is 18.5 Å². The number of hydrogen-bond acceptors (Lipinski definition) is 3. The summed E-state index contributed by atoms with van der Waals surface area (Å²) in [5.41, 5.74) is 5.57. The molecule has 1 rings (SSSR count). The SMILES string of the molecule is CCCC(C(=O)N1CCCC1C)C(N)=NO. The summed E-state index contributed by atoms with van der Waals surface area (Å²) in [6.45, 7) is 4.82. The second-order valence-electron chi connectivity index (χ2n) is 4.39. The van der Waals surface area contributed by atoms with Gasteiger partial charge in [-0.3, -0.25) is 4.79 Å². The van der Waals surface area contributed by atoms with Crippen molar-refractivity contribution < 1.29 is 10.0 Å². The molecule has 3 N–H and O–H groups in total. The van der Waals surface area contributed by atoms with Crippen LogP contribution in [0.5, 0.6) is 0 Å². The van der Waals surface area contributed by atoms with Crippen LogP contribution < -0.4 is 5.73 Å². The van der Waals surface area contributed by atoms with Crippen molar-refractivity contribution >= 4 is 11.7 Å². The van der Waals surface area contributed by atoms with Gasteiger partial charge in [-0.25, -0.2) is 0 Å². The largest absolute Gasteiger partial charge is 0.409 e. The van der Waals surface area contributed by atoms with E-state index in [4.69, 9.17) is 10.9 Å². The lowest BCUT2D eigenvalue weighted by molar-refractivity contribution is -0.134. The smallest absolute Gasteiger partial charge is 0.233 e. The van der Waals surface area contributed by atoms with Gasteiger partial charge in [-0.15, -0.1) is 0 Å². The number of carbonyl (C=O) groups excluding carboxylic acids is 1. The quantitative estimate of drug-likeness (QED) is 0.327. The predicted octanol–water partition coefficient (Wildman–Crippen LogP) is 1.16. The van der Waals surface area contributed by atoms with Gasteiger partial charge in [0.1, 0.15) is 0 Å². The molecule has 0 aromatic carbocycles. The Balaban J connectivity index is 2.74. The van der Waals surface area contributed by atoms with Crippen LogP contribution in [0.3, 0.4) is 0 Å². The van der Waals surface area contributed by atoms with E-state index >= 15 is 0 Å². The Morgan fingerprint density at radius 1 is 1.69 bits per heavy atom. The van der Waals surface area contributed by atoms with Crippen molar-refractivity contribution in [3.63, 3.8) is 0 Å². The second-order valence-corrected chi connectivity index (χ2v) is 4.39. The minimum atomic E-state index is -0.462. The number of oxime groups is 1. The number of rotatable bonds is 4. The molecule has 0 saturated carbocycles. The lowest BCUT2D eigenvalue weighted by Gasteiger charge is -2.26. The van der Waals surface area contributed by atoms with Gasteiger partial charge in [-0.2, -0.15) is 0 Å². The van der Waals surface area contributed by atoms with Gasteiger partial charge in [0.2, 0.25) is 5.91 Å². The molecule has 5 heteroatoms. The first kappa shape index (κ1) is 12.8. The summed E-state index contributed by atoms with van der Waals surface area (Å²) in [7, 11) is 0. The maximum absolute atomic E-state index is 12.2. The fraction of sp³-hybridized carbons (Fsp3) is 0.818. The molecule has 2 atom stereocenters. The molecule has 1 aliphatic heterocycles. The normalized spacial score (nSPS) is 23.5. The molecule has 0 aromatic heterocycles. The molecule has 1 saturated heterocycles. The zero-order valence-electron chi connectivity index (χ0n) is 10.0. The van der Waals surface area contributed by atoms with Gasteiger partial charge in [0.05, 0.1) is 5.92 Å². The maximum Gasteiger partial charge on any atom is 0.233 e. The zero-order chi connectivity index (χ0) is 12.1. The van der Waals surface area contributed by atoms with Crippen molar-refractivity contribution in [2.24, 2.45) is 16.8 Å². The fourth-order valence-electron chi connectivity index (χ4n) is 2.22. The maximum atomic E-state index is 12.2. The van der Waals surface area contributed by atoms with Crippen molar-refractivity contribution in [1.82, 2.24) is 4.90 Å². The first-order valence-corrected chi connectivity index (χ1v) is 5.89. The number of likely N-dealkylation sites (tertiary alicyclic amines) is 1. The lowest BCUT2D eigenvalue weighted by atomic mass is 10.0. The van der Waals surface area contributed by atoms with Crippen molar-refractivity contribution in [1.29, 1.82) is 0 Å². The summed E-state index contributed by atoms with van der Waals surface area (Å²) in [6.07, 6.45) is 3.56. The van der Waals surface area contributed by atoms with Crippen molar-refractivity contribution in [3.05, 3.63) is 0 Å². The average Bonchev–Trinajstić information content (AvgIpc) is 2.70. The Hall–Kier alpha value is -1.26. The Labute approximate surface area is 96.3 Å². The van der Waals surface area contributed by atoms with Gasteiger partial charge < -0.3 is 15.8 Å². The van der Waals surface area contributed by atoms with Gasteiger partial charge in [0.15, 0.2) is 5.84 Å². The fourth-order valence-corrected chi connectivity index (χ4v) is 2.22. The van der Waals surface area contributed by atoms with E-state index in [0.29, 0.717) is 6.42 Å². The summed E-state index contributed by atoms with van der Waals surface area (Å²) in [4.78, 5) is 14.0. The highest BCUT2D eigenvalue weighted by molar-refractivity contribution is 6.02. The van der Waals surface area contributed by atoms with E-state index in [-0.39, 0.29) is 17.8 Å². The summed E-state index contributed by atoms with van der Waals surface area (Å²) in [5.74, 6) is -0.427. The highest BCUT2D eigenvalue weighted by Crippen LogP contribution is 2.21. The van der Waals surface area contributed by atoms with Crippen LogP contribution in [0, 0.1) is 5.92 Å². The van der Waals surface area contributed by atoms with Crippen LogP contribution in [0.15, 0.2) is 5.16 Å². The first-order chi connectivity index (χ1) is 7.61. The third-order valence-corrected chi connectivity index (χ3v) is 3.18. The molecule has 1 fully saturated rings. The minimum absolute atomic E-state index is 0.00199. The molecule has 5 nitrogen and oxygen atoms in total. The molecule has 92 valence electrons. The van der Waals surface area contributed by atoms with Crippen molar-refractivity contribution in [3.8, 4) is 0 Å². The lowest BCUT2D eigenvalue weighted by Crippen LogP contribution is -2.43.